The van der Waals surface area contributed by atoms with E-state index < -0.39 is 12.0 Å². The molecule has 31 heavy (non-hydrogen) atoms. The van der Waals surface area contributed by atoms with Gasteiger partial charge in [0.15, 0.2) is 5.82 Å². The van der Waals surface area contributed by atoms with Gasteiger partial charge in [-0.3, -0.25) is 0 Å². The number of rotatable bonds is 15. The average Bonchev–Trinajstić information content (AvgIpc) is 2.79. The molecule has 2 aromatic rings. The molecule has 5 N–H and O–H groups in total. The first-order valence-corrected chi connectivity index (χ1v) is 10.4. The van der Waals surface area contributed by atoms with E-state index >= 15 is 0 Å². The van der Waals surface area contributed by atoms with E-state index in [1.54, 1.807) is 0 Å². The number of nitrogens with zero attached hydrogens (tertiary/aromatic N) is 3. The number of aromatic nitrogens is 3. The number of hydrogen-bond donors (Lipinski definition) is 4. The number of ether oxygens (including phenoxy) is 2. The predicted octanol–water partition coefficient (Wildman–Crippen LogP) is 1.85. The molecule has 0 aliphatic rings. The van der Waals surface area contributed by atoms with Crippen LogP contribution in [0.2, 0.25) is 0 Å². The van der Waals surface area contributed by atoms with E-state index in [2.05, 4.69) is 25.6 Å². The minimum atomic E-state index is -0.948. The van der Waals surface area contributed by atoms with Crippen LogP contribution in [0.25, 0.3) is 11.4 Å². The number of hydrogen-bond acceptors (Lipinski definition) is 9. The second kappa shape index (κ2) is 13.5. The summed E-state index contributed by atoms with van der Waals surface area (Å²) < 4.78 is 10.7. The summed E-state index contributed by atoms with van der Waals surface area (Å²) in [7, 11) is 0. The Balaban J connectivity index is 2.08. The summed E-state index contributed by atoms with van der Waals surface area (Å²) in [6.45, 7) is 6.68. The molecule has 0 bridgehead atoms. The molecular weight excluding hydrogens is 400 g/mol. The van der Waals surface area contributed by atoms with E-state index in [1.807, 2.05) is 44.2 Å². The van der Waals surface area contributed by atoms with Gasteiger partial charge in [0.2, 0.25) is 11.9 Å². The van der Waals surface area contributed by atoms with Crippen LogP contribution < -0.4 is 16.4 Å². The lowest BCUT2D eigenvalue weighted by Crippen LogP contribution is -2.36. The van der Waals surface area contributed by atoms with Crippen LogP contribution in [0, 0.1) is 5.92 Å². The molecule has 2 atom stereocenters. The lowest BCUT2D eigenvalue weighted by molar-refractivity contribution is -0.139. The molecule has 0 spiro atoms. The molecule has 0 fully saturated rings. The third kappa shape index (κ3) is 8.44. The van der Waals surface area contributed by atoms with E-state index in [0.717, 1.165) is 5.56 Å². The van der Waals surface area contributed by atoms with E-state index in [0.29, 0.717) is 57.7 Å². The molecule has 1 aromatic heterocycles. The highest BCUT2D eigenvalue weighted by Crippen LogP contribution is 2.19. The van der Waals surface area contributed by atoms with Crippen molar-refractivity contribution >= 4 is 17.9 Å². The summed E-state index contributed by atoms with van der Waals surface area (Å²) in [5.41, 5.74) is 6.17. The maximum Gasteiger partial charge on any atom is 0.326 e. The Morgan fingerprint density at radius 2 is 1.74 bits per heavy atom. The molecule has 1 heterocycles. The summed E-state index contributed by atoms with van der Waals surface area (Å²) in [6.07, 6.45) is 0.706. The number of nitrogens with one attached hydrogen (secondary N) is 2. The minimum absolute atomic E-state index is 0.0965. The van der Waals surface area contributed by atoms with Gasteiger partial charge < -0.3 is 30.9 Å². The smallest absolute Gasteiger partial charge is 0.326 e. The fourth-order valence-electron chi connectivity index (χ4n) is 2.70. The van der Waals surface area contributed by atoms with E-state index in [4.69, 9.17) is 15.2 Å². The quantitative estimate of drug-likeness (QED) is 0.308. The molecule has 0 aliphatic carbocycles. The summed E-state index contributed by atoms with van der Waals surface area (Å²) in [4.78, 5) is 25.0. The summed E-state index contributed by atoms with van der Waals surface area (Å²) >= 11 is 0. The van der Waals surface area contributed by atoms with E-state index in [9.17, 15) is 9.90 Å². The van der Waals surface area contributed by atoms with Gasteiger partial charge in [0.05, 0.1) is 26.4 Å². The number of anilines is 2. The fourth-order valence-corrected chi connectivity index (χ4v) is 2.70. The van der Waals surface area contributed by atoms with Gasteiger partial charge in [-0.25, -0.2) is 4.79 Å². The monoisotopic (exact) mass is 432 g/mol. The molecule has 0 unspecified atom stereocenters. The zero-order chi connectivity index (χ0) is 22.5. The topological polar surface area (TPSA) is 145 Å². The van der Waals surface area contributed by atoms with Gasteiger partial charge in [0.1, 0.15) is 6.04 Å². The molecule has 1 aromatic carbocycles. The predicted molar refractivity (Wildman–Crippen MR) is 119 cm³/mol. The van der Waals surface area contributed by atoms with Gasteiger partial charge in [0.25, 0.3) is 0 Å². The SMILES string of the molecule is CC[C@@H](C)[C@H](Nc1nc(NCCOCCOCCN)nc(-c2ccccc2)n1)C(=O)O. The lowest BCUT2D eigenvalue weighted by atomic mass is 9.99. The second-order valence-corrected chi connectivity index (χ2v) is 6.96. The highest BCUT2D eigenvalue weighted by atomic mass is 16.5. The number of nitrogens with two attached hydrogens (primary N) is 1. The number of benzene rings is 1. The van der Waals surface area contributed by atoms with Gasteiger partial charge in [0, 0.05) is 18.7 Å². The molecule has 0 amide bonds. The molecule has 2 rings (SSSR count). The third-order valence-electron chi connectivity index (χ3n) is 4.59. The Kier molecular flexibility index (Phi) is 10.6. The molecular formula is C21H32N6O4. The zero-order valence-electron chi connectivity index (χ0n) is 18.1. The Hall–Kier alpha value is -2.82. The first kappa shape index (κ1) is 24.4. The third-order valence-corrected chi connectivity index (χ3v) is 4.59. The average molecular weight is 433 g/mol. The molecule has 0 aliphatic heterocycles. The van der Waals surface area contributed by atoms with Gasteiger partial charge in [-0.05, 0) is 5.92 Å². The first-order chi connectivity index (χ1) is 15.0. The first-order valence-electron chi connectivity index (χ1n) is 10.4. The molecule has 0 radical (unpaired) electrons. The van der Waals surface area contributed by atoms with Crippen molar-refractivity contribution in [3.05, 3.63) is 30.3 Å². The Morgan fingerprint density at radius 1 is 1.06 bits per heavy atom. The maximum absolute atomic E-state index is 11.7. The van der Waals surface area contributed by atoms with Crippen LogP contribution in [0.1, 0.15) is 20.3 Å². The van der Waals surface area contributed by atoms with Crippen molar-refractivity contribution in [3.63, 3.8) is 0 Å². The number of carboxylic acids is 1. The number of carbonyl (C=O) groups is 1. The van der Waals surface area contributed by atoms with Crippen LogP contribution >= 0.6 is 0 Å². The van der Waals surface area contributed by atoms with Crippen molar-refractivity contribution in [3.8, 4) is 11.4 Å². The summed E-state index contributed by atoms with van der Waals surface area (Å²) in [6, 6.07) is 8.65. The highest BCUT2D eigenvalue weighted by molar-refractivity contribution is 5.77. The van der Waals surface area contributed by atoms with Crippen molar-refractivity contribution in [1.29, 1.82) is 0 Å². The standard InChI is InChI=1S/C21H32N6O4/c1-3-15(2)17(19(28)29)24-21-26-18(16-7-5-4-6-8-16)25-20(27-21)23-10-12-31-14-13-30-11-9-22/h4-8,15,17H,3,9-14,22H2,1-2H3,(H,28,29)(H2,23,24,25,26,27)/t15-,17+/m1/s1. The van der Waals surface area contributed by atoms with Crippen molar-refractivity contribution in [2.75, 3.05) is 50.2 Å². The van der Waals surface area contributed by atoms with Gasteiger partial charge in [-0.15, -0.1) is 0 Å². The number of carboxylic acid groups (broad SMARTS) is 1. The summed E-state index contributed by atoms with van der Waals surface area (Å²) in [5.74, 6) is -0.0469. The van der Waals surface area contributed by atoms with Crippen molar-refractivity contribution < 1.29 is 19.4 Å². The molecule has 0 saturated carbocycles. The van der Waals surface area contributed by atoms with Crippen LogP contribution in [0.4, 0.5) is 11.9 Å². The molecule has 10 heteroatoms. The lowest BCUT2D eigenvalue weighted by Gasteiger charge is -2.20. The van der Waals surface area contributed by atoms with Gasteiger partial charge >= 0.3 is 5.97 Å². The van der Waals surface area contributed by atoms with Crippen LogP contribution in [0.3, 0.4) is 0 Å². The number of aliphatic carboxylic acids is 1. The van der Waals surface area contributed by atoms with E-state index in [1.165, 1.54) is 0 Å². The minimum Gasteiger partial charge on any atom is -0.480 e. The summed E-state index contributed by atoms with van der Waals surface area (Å²) in [5, 5.41) is 15.6. The van der Waals surface area contributed by atoms with Crippen molar-refractivity contribution in [1.82, 2.24) is 15.0 Å². The molecule has 170 valence electrons. The fraction of sp³-hybridized carbons (Fsp3) is 0.524. The molecule has 0 saturated heterocycles. The van der Waals surface area contributed by atoms with Gasteiger partial charge in [-0.2, -0.15) is 15.0 Å². The normalized spacial score (nSPS) is 12.9. The highest BCUT2D eigenvalue weighted by Gasteiger charge is 2.24. The second-order valence-electron chi connectivity index (χ2n) is 6.96. The maximum atomic E-state index is 11.7. The Morgan fingerprint density at radius 3 is 2.39 bits per heavy atom. The Bertz CT molecular complexity index is 793. The van der Waals surface area contributed by atoms with Crippen molar-refractivity contribution in [2.45, 2.75) is 26.3 Å². The van der Waals surface area contributed by atoms with Crippen LogP contribution in [0.5, 0.6) is 0 Å². The van der Waals surface area contributed by atoms with E-state index in [-0.39, 0.29) is 11.9 Å². The van der Waals surface area contributed by atoms with Crippen LogP contribution in [-0.2, 0) is 14.3 Å². The van der Waals surface area contributed by atoms with Crippen LogP contribution in [0.15, 0.2) is 30.3 Å². The van der Waals surface area contributed by atoms with Gasteiger partial charge in [-0.1, -0.05) is 50.6 Å². The van der Waals surface area contributed by atoms with Crippen LogP contribution in [-0.4, -0.2) is 71.6 Å². The van der Waals surface area contributed by atoms with Crippen molar-refractivity contribution in [2.24, 2.45) is 11.7 Å². The largest absolute Gasteiger partial charge is 0.480 e. The zero-order valence-corrected chi connectivity index (χ0v) is 18.1. The molecule has 10 nitrogen and oxygen atoms in total. The Labute approximate surface area is 182 Å².